The van der Waals surface area contributed by atoms with Crippen molar-refractivity contribution < 1.29 is 9.72 Å². The molecule has 0 aliphatic heterocycles. The molecule has 0 aliphatic carbocycles. The third-order valence-corrected chi connectivity index (χ3v) is 2.88. The Morgan fingerprint density at radius 3 is 2.75 bits per heavy atom. The molecule has 1 aromatic carbocycles. The molecule has 1 aromatic heterocycles. The van der Waals surface area contributed by atoms with Gasteiger partial charge in [0.1, 0.15) is 5.15 Å². The predicted molar refractivity (Wildman–Crippen MR) is 75.0 cm³/mol. The number of non-ortho nitro benzene ring substituents is 1. The van der Waals surface area contributed by atoms with Gasteiger partial charge in [-0.2, -0.15) is 0 Å². The molecule has 0 atom stereocenters. The molecular formula is C13H10ClN3O3. The van der Waals surface area contributed by atoms with Crippen LogP contribution in [0.25, 0.3) is 0 Å². The summed E-state index contributed by atoms with van der Waals surface area (Å²) in [6, 6.07) is 7.20. The third kappa shape index (κ3) is 3.10. The topological polar surface area (TPSA) is 85.1 Å². The highest BCUT2D eigenvalue weighted by Crippen LogP contribution is 2.22. The Labute approximate surface area is 119 Å². The van der Waals surface area contributed by atoms with Gasteiger partial charge in [0.15, 0.2) is 0 Å². The maximum absolute atomic E-state index is 12.0. The zero-order chi connectivity index (χ0) is 14.7. The Kier molecular flexibility index (Phi) is 3.95. The number of carbonyl (C=O) groups is 1. The van der Waals surface area contributed by atoms with Crippen LogP contribution in [0.4, 0.5) is 11.4 Å². The summed E-state index contributed by atoms with van der Waals surface area (Å²) in [5.74, 6) is -0.405. The van der Waals surface area contributed by atoms with E-state index in [4.69, 9.17) is 11.6 Å². The van der Waals surface area contributed by atoms with Crippen LogP contribution in [-0.2, 0) is 0 Å². The molecule has 20 heavy (non-hydrogen) atoms. The first-order chi connectivity index (χ1) is 9.47. The number of nitro groups is 1. The molecule has 2 aromatic rings. The Morgan fingerprint density at radius 2 is 2.10 bits per heavy atom. The summed E-state index contributed by atoms with van der Waals surface area (Å²) >= 11 is 5.71. The summed E-state index contributed by atoms with van der Waals surface area (Å²) in [5.41, 5.74) is 1.36. The average Bonchev–Trinajstić information content (AvgIpc) is 2.41. The Morgan fingerprint density at radius 1 is 1.35 bits per heavy atom. The maximum Gasteiger partial charge on any atom is 0.271 e. The van der Waals surface area contributed by atoms with Crippen molar-refractivity contribution in [2.24, 2.45) is 0 Å². The summed E-state index contributed by atoms with van der Waals surface area (Å²) in [5, 5.41) is 13.6. The van der Waals surface area contributed by atoms with Crippen molar-refractivity contribution in [1.29, 1.82) is 0 Å². The van der Waals surface area contributed by atoms with Crippen molar-refractivity contribution in [2.45, 2.75) is 6.92 Å². The van der Waals surface area contributed by atoms with E-state index in [2.05, 4.69) is 10.3 Å². The number of aromatic nitrogens is 1. The molecule has 0 saturated heterocycles. The Balaban J connectivity index is 2.27. The first kappa shape index (κ1) is 14.0. The molecule has 2 rings (SSSR count). The van der Waals surface area contributed by atoms with E-state index in [-0.39, 0.29) is 10.8 Å². The van der Waals surface area contributed by atoms with Crippen LogP contribution in [0.1, 0.15) is 15.9 Å². The first-order valence-electron chi connectivity index (χ1n) is 5.65. The van der Waals surface area contributed by atoms with E-state index >= 15 is 0 Å². The van der Waals surface area contributed by atoms with Gasteiger partial charge in [-0.15, -0.1) is 0 Å². The highest BCUT2D eigenvalue weighted by Gasteiger charge is 2.12. The number of hydrogen-bond acceptors (Lipinski definition) is 4. The lowest BCUT2D eigenvalue weighted by molar-refractivity contribution is -0.384. The van der Waals surface area contributed by atoms with Gasteiger partial charge in [0.25, 0.3) is 11.6 Å². The van der Waals surface area contributed by atoms with E-state index in [0.717, 1.165) is 5.56 Å². The standard InChI is InChI=1S/C13H10ClN3O3/c1-8-2-3-10(17(19)20)7-11(8)16-13(18)9-4-5-15-12(14)6-9/h2-7H,1H3,(H,16,18). The number of carbonyl (C=O) groups excluding carboxylic acids is 1. The van der Waals surface area contributed by atoms with Crippen LogP contribution in [0.2, 0.25) is 5.15 Å². The van der Waals surface area contributed by atoms with E-state index in [1.165, 1.54) is 30.5 Å². The number of amides is 1. The summed E-state index contributed by atoms with van der Waals surface area (Å²) in [4.78, 5) is 26.0. The Hall–Kier alpha value is -2.47. The second kappa shape index (κ2) is 5.66. The number of nitrogens with one attached hydrogen (secondary N) is 1. The van der Waals surface area contributed by atoms with E-state index in [9.17, 15) is 14.9 Å². The minimum absolute atomic E-state index is 0.0846. The number of halogens is 1. The minimum atomic E-state index is -0.515. The zero-order valence-corrected chi connectivity index (χ0v) is 11.2. The SMILES string of the molecule is Cc1ccc([N+](=O)[O-])cc1NC(=O)c1ccnc(Cl)c1. The normalized spacial score (nSPS) is 10.1. The second-order valence-electron chi connectivity index (χ2n) is 4.08. The lowest BCUT2D eigenvalue weighted by atomic mass is 10.1. The molecule has 0 spiro atoms. The summed E-state index contributed by atoms with van der Waals surface area (Å²) < 4.78 is 0. The molecule has 0 unspecified atom stereocenters. The lowest BCUT2D eigenvalue weighted by Gasteiger charge is -2.08. The summed E-state index contributed by atoms with van der Waals surface area (Å²) in [7, 11) is 0. The van der Waals surface area contributed by atoms with E-state index in [0.29, 0.717) is 11.3 Å². The number of aryl methyl sites for hydroxylation is 1. The van der Waals surface area contributed by atoms with Crippen molar-refractivity contribution in [1.82, 2.24) is 4.98 Å². The molecule has 0 radical (unpaired) electrons. The van der Waals surface area contributed by atoms with Gasteiger partial charge < -0.3 is 5.32 Å². The van der Waals surface area contributed by atoms with Crippen LogP contribution >= 0.6 is 11.6 Å². The number of pyridine rings is 1. The van der Waals surface area contributed by atoms with Gasteiger partial charge in [0.2, 0.25) is 0 Å². The van der Waals surface area contributed by atoms with Gasteiger partial charge >= 0.3 is 0 Å². The fourth-order valence-corrected chi connectivity index (χ4v) is 1.77. The van der Waals surface area contributed by atoms with Crippen molar-refractivity contribution in [3.63, 3.8) is 0 Å². The van der Waals surface area contributed by atoms with Crippen LogP contribution in [0.15, 0.2) is 36.5 Å². The molecule has 1 heterocycles. The predicted octanol–water partition coefficient (Wildman–Crippen LogP) is 3.20. The summed E-state index contributed by atoms with van der Waals surface area (Å²) in [6.07, 6.45) is 1.41. The van der Waals surface area contributed by atoms with Crippen molar-refractivity contribution in [3.8, 4) is 0 Å². The van der Waals surface area contributed by atoms with Gasteiger partial charge in [0, 0.05) is 23.9 Å². The fraction of sp³-hybridized carbons (Fsp3) is 0.0769. The maximum atomic E-state index is 12.0. The van der Waals surface area contributed by atoms with Crippen LogP contribution in [0.3, 0.4) is 0 Å². The van der Waals surface area contributed by atoms with Crippen LogP contribution in [0, 0.1) is 17.0 Å². The Bertz CT molecular complexity index is 688. The number of benzene rings is 1. The molecule has 6 nitrogen and oxygen atoms in total. The monoisotopic (exact) mass is 291 g/mol. The fourth-order valence-electron chi connectivity index (χ4n) is 1.60. The van der Waals surface area contributed by atoms with Gasteiger partial charge in [-0.05, 0) is 24.6 Å². The van der Waals surface area contributed by atoms with Crippen molar-refractivity contribution >= 4 is 28.9 Å². The number of nitrogens with zero attached hydrogens (tertiary/aromatic N) is 2. The summed E-state index contributed by atoms with van der Waals surface area (Å²) in [6.45, 7) is 1.75. The molecule has 0 saturated carbocycles. The minimum Gasteiger partial charge on any atom is -0.321 e. The van der Waals surface area contributed by atoms with Crippen molar-refractivity contribution in [2.75, 3.05) is 5.32 Å². The van der Waals surface area contributed by atoms with Gasteiger partial charge in [-0.1, -0.05) is 17.7 Å². The average molecular weight is 292 g/mol. The van der Waals surface area contributed by atoms with Gasteiger partial charge in [0.05, 0.1) is 10.6 Å². The largest absolute Gasteiger partial charge is 0.321 e. The zero-order valence-electron chi connectivity index (χ0n) is 10.5. The van der Waals surface area contributed by atoms with Crippen LogP contribution < -0.4 is 5.32 Å². The van der Waals surface area contributed by atoms with Gasteiger partial charge in [-0.25, -0.2) is 4.98 Å². The number of rotatable bonds is 3. The number of hydrogen-bond donors (Lipinski definition) is 1. The number of nitro benzene ring substituents is 1. The molecule has 0 aliphatic rings. The molecule has 102 valence electrons. The van der Waals surface area contributed by atoms with Crippen LogP contribution in [0.5, 0.6) is 0 Å². The molecule has 1 N–H and O–H groups in total. The first-order valence-corrected chi connectivity index (χ1v) is 6.03. The third-order valence-electron chi connectivity index (χ3n) is 2.67. The van der Waals surface area contributed by atoms with Crippen molar-refractivity contribution in [3.05, 3.63) is 62.9 Å². The highest BCUT2D eigenvalue weighted by molar-refractivity contribution is 6.29. The molecular weight excluding hydrogens is 282 g/mol. The molecule has 7 heteroatoms. The van der Waals surface area contributed by atoms with Gasteiger partial charge in [-0.3, -0.25) is 14.9 Å². The molecule has 0 bridgehead atoms. The molecule has 0 fully saturated rings. The lowest BCUT2D eigenvalue weighted by Crippen LogP contribution is -2.13. The number of anilines is 1. The van der Waals surface area contributed by atoms with E-state index < -0.39 is 10.8 Å². The van der Waals surface area contributed by atoms with E-state index in [1.54, 1.807) is 13.0 Å². The molecule has 1 amide bonds. The second-order valence-corrected chi connectivity index (χ2v) is 4.46. The van der Waals surface area contributed by atoms with Crippen LogP contribution in [-0.4, -0.2) is 15.8 Å². The quantitative estimate of drug-likeness (QED) is 0.534. The smallest absolute Gasteiger partial charge is 0.271 e. The highest BCUT2D eigenvalue weighted by atomic mass is 35.5. The van der Waals surface area contributed by atoms with E-state index in [1.807, 2.05) is 0 Å².